The van der Waals surface area contributed by atoms with E-state index in [1.165, 1.54) is 21.3 Å². The minimum absolute atomic E-state index is 0.119. The SMILES string of the molecule is COc1cc(C(=O)N2CCCOC(CCOS(C)(=O)=O)(c3ccc(Cl)c(Cl)c3)C2)cc(OC)c1OC. The van der Waals surface area contributed by atoms with Crippen molar-refractivity contribution in [3.63, 3.8) is 0 Å². The number of carbonyl (C=O) groups excluding carboxylic acids is 1. The number of hydrogen-bond acceptors (Lipinski definition) is 8. The van der Waals surface area contributed by atoms with Crippen LogP contribution in [0.3, 0.4) is 0 Å². The second-order valence-corrected chi connectivity index (χ2v) is 10.7. The van der Waals surface area contributed by atoms with E-state index in [1.807, 2.05) is 0 Å². The van der Waals surface area contributed by atoms with Crippen LogP contribution in [0.5, 0.6) is 17.2 Å². The minimum atomic E-state index is -3.68. The Labute approximate surface area is 221 Å². The van der Waals surface area contributed by atoms with Crippen molar-refractivity contribution < 1.29 is 36.3 Å². The third-order valence-corrected chi connectivity index (χ3v) is 7.18. The van der Waals surface area contributed by atoms with Gasteiger partial charge < -0.3 is 23.8 Å². The molecular formula is C24H29Cl2NO8S. The molecule has 0 spiro atoms. The Kier molecular flexibility index (Phi) is 9.34. The molecule has 1 saturated heterocycles. The molecule has 0 N–H and O–H groups in total. The Morgan fingerprint density at radius 2 is 1.72 bits per heavy atom. The van der Waals surface area contributed by atoms with E-state index in [1.54, 1.807) is 35.2 Å². The molecule has 1 aliphatic heterocycles. The second kappa shape index (κ2) is 11.9. The van der Waals surface area contributed by atoms with Crippen LogP contribution in [0, 0.1) is 0 Å². The normalized spacial score (nSPS) is 18.4. The van der Waals surface area contributed by atoms with Gasteiger partial charge in [-0.05, 0) is 36.2 Å². The molecule has 198 valence electrons. The van der Waals surface area contributed by atoms with Gasteiger partial charge in [-0.3, -0.25) is 8.98 Å². The number of methoxy groups -OCH3 is 3. The fraction of sp³-hybridized carbons (Fsp3) is 0.458. The Balaban J connectivity index is 2.01. The van der Waals surface area contributed by atoms with Crippen LogP contribution in [0.25, 0.3) is 0 Å². The maximum atomic E-state index is 13.7. The number of carbonyl (C=O) groups is 1. The molecule has 2 aromatic carbocycles. The van der Waals surface area contributed by atoms with Gasteiger partial charge in [0.05, 0.1) is 50.8 Å². The van der Waals surface area contributed by atoms with E-state index < -0.39 is 15.7 Å². The molecule has 0 bridgehead atoms. The zero-order valence-electron chi connectivity index (χ0n) is 20.5. The van der Waals surface area contributed by atoms with Gasteiger partial charge in [-0.1, -0.05) is 29.3 Å². The van der Waals surface area contributed by atoms with Crippen molar-refractivity contribution in [1.29, 1.82) is 0 Å². The highest BCUT2D eigenvalue weighted by Gasteiger charge is 2.39. The molecule has 1 unspecified atom stereocenters. The molecule has 0 radical (unpaired) electrons. The molecular weight excluding hydrogens is 533 g/mol. The predicted octanol–water partition coefficient (Wildman–Crippen LogP) is 4.14. The van der Waals surface area contributed by atoms with Crippen LogP contribution < -0.4 is 14.2 Å². The van der Waals surface area contributed by atoms with Crippen LogP contribution in [0.15, 0.2) is 30.3 Å². The summed E-state index contributed by atoms with van der Waals surface area (Å²) in [5.74, 6) is 0.791. The molecule has 3 rings (SSSR count). The highest BCUT2D eigenvalue weighted by Crippen LogP contribution is 2.40. The van der Waals surface area contributed by atoms with Crippen LogP contribution in [0.1, 0.15) is 28.8 Å². The minimum Gasteiger partial charge on any atom is -0.493 e. The zero-order valence-corrected chi connectivity index (χ0v) is 22.8. The van der Waals surface area contributed by atoms with Crippen LogP contribution in [-0.2, 0) is 24.6 Å². The van der Waals surface area contributed by atoms with E-state index in [0.29, 0.717) is 58.0 Å². The smallest absolute Gasteiger partial charge is 0.264 e. The van der Waals surface area contributed by atoms with Gasteiger partial charge in [-0.25, -0.2) is 0 Å². The van der Waals surface area contributed by atoms with Crippen LogP contribution in [0.2, 0.25) is 10.0 Å². The third kappa shape index (κ3) is 6.54. The van der Waals surface area contributed by atoms with Gasteiger partial charge in [0.2, 0.25) is 5.75 Å². The van der Waals surface area contributed by atoms with Crippen molar-refractivity contribution in [2.75, 3.05) is 53.9 Å². The van der Waals surface area contributed by atoms with Gasteiger partial charge in [0.1, 0.15) is 5.60 Å². The number of halogens is 2. The average Bonchev–Trinajstić information content (AvgIpc) is 3.07. The summed E-state index contributed by atoms with van der Waals surface area (Å²) in [6, 6.07) is 8.23. The number of amides is 1. The largest absolute Gasteiger partial charge is 0.493 e. The Hall–Kier alpha value is -2.24. The molecule has 0 saturated carbocycles. The van der Waals surface area contributed by atoms with Gasteiger partial charge in [-0.15, -0.1) is 0 Å². The molecule has 36 heavy (non-hydrogen) atoms. The Morgan fingerprint density at radius 1 is 1.06 bits per heavy atom. The highest BCUT2D eigenvalue weighted by atomic mass is 35.5. The summed E-state index contributed by atoms with van der Waals surface area (Å²) < 4.78 is 50.7. The van der Waals surface area contributed by atoms with Gasteiger partial charge >= 0.3 is 0 Å². The average molecular weight is 562 g/mol. The van der Waals surface area contributed by atoms with Crippen molar-refractivity contribution in [2.45, 2.75) is 18.4 Å². The molecule has 1 atom stereocenters. The van der Waals surface area contributed by atoms with Gasteiger partial charge in [0, 0.05) is 25.1 Å². The molecule has 1 aliphatic rings. The van der Waals surface area contributed by atoms with Crippen molar-refractivity contribution in [3.8, 4) is 17.2 Å². The van der Waals surface area contributed by atoms with E-state index in [-0.39, 0.29) is 25.5 Å². The number of rotatable bonds is 9. The highest BCUT2D eigenvalue weighted by molar-refractivity contribution is 7.85. The molecule has 9 nitrogen and oxygen atoms in total. The van der Waals surface area contributed by atoms with E-state index >= 15 is 0 Å². The number of hydrogen-bond donors (Lipinski definition) is 0. The summed E-state index contributed by atoms with van der Waals surface area (Å²) >= 11 is 12.4. The molecule has 1 amide bonds. The number of ether oxygens (including phenoxy) is 4. The topological polar surface area (TPSA) is 101 Å². The quantitative estimate of drug-likeness (QED) is 0.421. The summed E-state index contributed by atoms with van der Waals surface area (Å²) in [5.41, 5.74) is -0.105. The summed E-state index contributed by atoms with van der Waals surface area (Å²) in [7, 11) is 0.758. The molecule has 12 heteroatoms. The first-order valence-electron chi connectivity index (χ1n) is 11.1. The lowest BCUT2D eigenvalue weighted by Crippen LogP contribution is -2.44. The summed E-state index contributed by atoms with van der Waals surface area (Å²) in [6.07, 6.45) is 1.69. The number of nitrogens with zero attached hydrogens (tertiary/aromatic N) is 1. The first-order valence-corrected chi connectivity index (χ1v) is 13.6. The second-order valence-electron chi connectivity index (χ2n) is 8.24. The first-order chi connectivity index (χ1) is 17.0. The van der Waals surface area contributed by atoms with E-state index in [0.717, 1.165) is 6.26 Å². The lowest BCUT2D eigenvalue weighted by Gasteiger charge is -2.36. The van der Waals surface area contributed by atoms with Crippen molar-refractivity contribution in [2.24, 2.45) is 0 Å². The lowest BCUT2D eigenvalue weighted by atomic mass is 9.89. The standard InChI is InChI=1S/C24H29Cl2NO8S/c1-31-20-12-16(13-21(32-2)22(20)33-3)23(28)27-9-5-10-34-24(15-27,8-11-35-36(4,29)30)17-6-7-18(25)19(26)14-17/h6-7,12-14H,5,8-11,15H2,1-4H3. The molecule has 0 aliphatic carbocycles. The fourth-order valence-corrected chi connectivity index (χ4v) is 4.81. The van der Waals surface area contributed by atoms with Crippen molar-refractivity contribution >= 4 is 39.2 Å². The van der Waals surface area contributed by atoms with Crippen molar-refractivity contribution in [1.82, 2.24) is 4.90 Å². The first kappa shape index (κ1) is 28.3. The zero-order chi connectivity index (χ0) is 26.5. The van der Waals surface area contributed by atoms with E-state index in [4.69, 9.17) is 46.3 Å². The lowest BCUT2D eigenvalue weighted by molar-refractivity contribution is -0.0613. The summed E-state index contributed by atoms with van der Waals surface area (Å²) in [5, 5.41) is 0.676. The Morgan fingerprint density at radius 3 is 2.28 bits per heavy atom. The molecule has 1 fully saturated rings. The third-order valence-electron chi connectivity index (χ3n) is 5.84. The summed E-state index contributed by atoms with van der Waals surface area (Å²) in [4.78, 5) is 15.4. The van der Waals surface area contributed by atoms with Crippen molar-refractivity contribution in [3.05, 3.63) is 51.5 Å². The van der Waals surface area contributed by atoms with Crippen LogP contribution >= 0.6 is 23.2 Å². The fourth-order valence-electron chi connectivity index (χ4n) is 4.12. The van der Waals surface area contributed by atoms with Gasteiger partial charge in [0.25, 0.3) is 16.0 Å². The predicted molar refractivity (Wildman–Crippen MR) is 136 cm³/mol. The van der Waals surface area contributed by atoms with Crippen LogP contribution in [0.4, 0.5) is 0 Å². The van der Waals surface area contributed by atoms with E-state index in [9.17, 15) is 13.2 Å². The molecule has 2 aromatic rings. The number of benzene rings is 2. The monoisotopic (exact) mass is 561 g/mol. The molecule has 1 heterocycles. The Bertz CT molecular complexity index is 1180. The van der Waals surface area contributed by atoms with E-state index in [2.05, 4.69) is 0 Å². The maximum Gasteiger partial charge on any atom is 0.264 e. The van der Waals surface area contributed by atoms with Crippen LogP contribution in [-0.4, -0.2) is 73.1 Å². The maximum absolute atomic E-state index is 13.7. The van der Waals surface area contributed by atoms with Gasteiger partial charge in [-0.2, -0.15) is 8.42 Å². The van der Waals surface area contributed by atoms with Gasteiger partial charge in [0.15, 0.2) is 11.5 Å². The molecule has 0 aromatic heterocycles. The summed E-state index contributed by atoms with van der Waals surface area (Å²) in [6.45, 7) is 0.711.